The first kappa shape index (κ1) is 11.8. The van der Waals surface area contributed by atoms with E-state index in [0.29, 0.717) is 12.1 Å². The topological polar surface area (TPSA) is 38.3 Å². The first-order valence-electron chi connectivity index (χ1n) is 6.45. The summed E-state index contributed by atoms with van der Waals surface area (Å²) in [6.07, 6.45) is 0.848. The molecule has 19 heavy (non-hydrogen) atoms. The Labute approximate surface area is 112 Å². The molecule has 1 aliphatic rings. The minimum absolute atomic E-state index is 0.0623. The zero-order chi connectivity index (χ0) is 13.2. The van der Waals surface area contributed by atoms with Crippen molar-refractivity contribution in [2.45, 2.75) is 13.3 Å². The summed E-state index contributed by atoms with van der Waals surface area (Å²) in [5.74, 6) is 1.60. The fourth-order valence-corrected chi connectivity index (χ4v) is 2.27. The molecule has 0 aromatic heterocycles. The monoisotopic (exact) mass is 253 g/mol. The van der Waals surface area contributed by atoms with E-state index in [1.807, 2.05) is 43.3 Å². The molecule has 0 bridgehead atoms. The van der Waals surface area contributed by atoms with Crippen molar-refractivity contribution in [1.29, 1.82) is 0 Å². The quantitative estimate of drug-likeness (QED) is 0.762. The van der Waals surface area contributed by atoms with E-state index < -0.39 is 0 Å². The predicted molar refractivity (Wildman–Crippen MR) is 73.8 cm³/mol. The summed E-state index contributed by atoms with van der Waals surface area (Å²) in [5.41, 5.74) is 2.94. The lowest BCUT2D eigenvalue weighted by Gasteiger charge is -2.20. The number of amides is 1. The molecule has 3 heteroatoms. The van der Waals surface area contributed by atoms with Gasteiger partial charge in [-0.25, -0.2) is 0 Å². The van der Waals surface area contributed by atoms with Gasteiger partial charge in [-0.2, -0.15) is 0 Å². The zero-order valence-electron chi connectivity index (χ0n) is 10.8. The van der Waals surface area contributed by atoms with E-state index in [1.165, 1.54) is 5.56 Å². The number of ether oxygens (including phenoxy) is 1. The Morgan fingerprint density at radius 2 is 1.95 bits per heavy atom. The van der Waals surface area contributed by atoms with Gasteiger partial charge in [0.15, 0.2) is 0 Å². The zero-order valence-corrected chi connectivity index (χ0v) is 10.8. The lowest BCUT2D eigenvalue weighted by Crippen LogP contribution is -2.22. The molecule has 0 spiro atoms. The van der Waals surface area contributed by atoms with E-state index in [-0.39, 0.29) is 5.91 Å². The molecule has 0 fully saturated rings. The molecule has 1 heterocycles. The van der Waals surface area contributed by atoms with Crippen molar-refractivity contribution in [1.82, 2.24) is 5.32 Å². The molecule has 0 atom stereocenters. The van der Waals surface area contributed by atoms with Gasteiger partial charge in [-0.1, -0.05) is 24.3 Å². The van der Waals surface area contributed by atoms with Crippen LogP contribution >= 0.6 is 0 Å². The van der Waals surface area contributed by atoms with Crippen LogP contribution in [-0.2, 0) is 6.42 Å². The molecule has 96 valence electrons. The standard InChI is InChI=1S/C16H15NO2/c1-2-17-16(18)13-8-7-12-9-11-5-3-4-6-14(11)19-15(12)10-13/h3-8,10H,2,9H2,1H3,(H,17,18). The van der Waals surface area contributed by atoms with E-state index in [1.54, 1.807) is 0 Å². The fraction of sp³-hybridized carbons (Fsp3) is 0.188. The number of nitrogens with one attached hydrogen (secondary N) is 1. The Morgan fingerprint density at radius 3 is 2.79 bits per heavy atom. The Kier molecular flexibility index (Phi) is 2.95. The molecule has 1 N–H and O–H groups in total. The molecular weight excluding hydrogens is 238 g/mol. The first-order valence-corrected chi connectivity index (χ1v) is 6.45. The van der Waals surface area contributed by atoms with Gasteiger partial charge in [0.25, 0.3) is 5.91 Å². The SMILES string of the molecule is CCNC(=O)c1ccc2c(c1)Oc1ccccc1C2. The van der Waals surface area contributed by atoms with Crippen molar-refractivity contribution in [2.24, 2.45) is 0 Å². The smallest absolute Gasteiger partial charge is 0.251 e. The van der Waals surface area contributed by atoms with Crippen LogP contribution in [0.4, 0.5) is 0 Å². The van der Waals surface area contributed by atoms with Crippen molar-refractivity contribution < 1.29 is 9.53 Å². The van der Waals surface area contributed by atoms with Crippen molar-refractivity contribution in [2.75, 3.05) is 6.54 Å². The number of benzene rings is 2. The third-order valence-corrected chi connectivity index (χ3v) is 3.24. The summed E-state index contributed by atoms with van der Waals surface area (Å²) in [5, 5.41) is 2.79. The van der Waals surface area contributed by atoms with Gasteiger partial charge in [0, 0.05) is 18.5 Å². The van der Waals surface area contributed by atoms with Crippen LogP contribution in [-0.4, -0.2) is 12.5 Å². The maximum absolute atomic E-state index is 11.8. The lowest BCUT2D eigenvalue weighted by molar-refractivity contribution is 0.0955. The number of para-hydroxylation sites is 1. The maximum Gasteiger partial charge on any atom is 0.251 e. The van der Waals surface area contributed by atoms with Crippen LogP contribution in [0.3, 0.4) is 0 Å². The summed E-state index contributed by atoms with van der Waals surface area (Å²) in [6.45, 7) is 2.53. The highest BCUT2D eigenvalue weighted by atomic mass is 16.5. The van der Waals surface area contributed by atoms with Crippen LogP contribution in [0.15, 0.2) is 42.5 Å². The molecule has 1 aliphatic heterocycles. The Bertz CT molecular complexity index is 634. The van der Waals surface area contributed by atoms with Gasteiger partial charge in [-0.15, -0.1) is 0 Å². The van der Waals surface area contributed by atoms with E-state index in [2.05, 4.69) is 11.4 Å². The van der Waals surface area contributed by atoms with Crippen LogP contribution in [0.5, 0.6) is 11.5 Å². The highest BCUT2D eigenvalue weighted by molar-refractivity contribution is 5.94. The molecular formula is C16H15NO2. The van der Waals surface area contributed by atoms with Gasteiger partial charge >= 0.3 is 0 Å². The lowest BCUT2D eigenvalue weighted by atomic mass is 9.99. The Morgan fingerprint density at radius 1 is 1.16 bits per heavy atom. The molecule has 3 rings (SSSR count). The van der Waals surface area contributed by atoms with Crippen molar-refractivity contribution >= 4 is 5.91 Å². The van der Waals surface area contributed by atoms with Crippen LogP contribution in [0.1, 0.15) is 28.4 Å². The third kappa shape index (κ3) is 2.19. The van der Waals surface area contributed by atoms with Gasteiger partial charge < -0.3 is 10.1 Å². The van der Waals surface area contributed by atoms with Crippen molar-refractivity contribution in [3.8, 4) is 11.5 Å². The summed E-state index contributed by atoms with van der Waals surface area (Å²) < 4.78 is 5.87. The summed E-state index contributed by atoms with van der Waals surface area (Å²) in [7, 11) is 0. The number of hydrogen-bond donors (Lipinski definition) is 1. The number of rotatable bonds is 2. The van der Waals surface area contributed by atoms with Gasteiger partial charge in [0.2, 0.25) is 0 Å². The fourth-order valence-electron chi connectivity index (χ4n) is 2.27. The molecule has 1 amide bonds. The number of hydrogen-bond acceptors (Lipinski definition) is 2. The third-order valence-electron chi connectivity index (χ3n) is 3.24. The van der Waals surface area contributed by atoms with Crippen molar-refractivity contribution in [3.05, 3.63) is 59.2 Å². The van der Waals surface area contributed by atoms with Gasteiger partial charge in [0.1, 0.15) is 11.5 Å². The average molecular weight is 253 g/mol. The Hall–Kier alpha value is -2.29. The minimum atomic E-state index is -0.0623. The summed E-state index contributed by atoms with van der Waals surface area (Å²) >= 11 is 0. The van der Waals surface area contributed by atoms with Gasteiger partial charge in [-0.05, 0) is 36.2 Å². The summed E-state index contributed by atoms with van der Waals surface area (Å²) in [6, 6.07) is 13.6. The second-order valence-electron chi connectivity index (χ2n) is 4.57. The largest absolute Gasteiger partial charge is 0.457 e. The summed E-state index contributed by atoms with van der Waals surface area (Å²) in [4.78, 5) is 11.8. The molecule has 0 aliphatic carbocycles. The van der Waals surface area contributed by atoms with Crippen LogP contribution in [0.25, 0.3) is 0 Å². The molecule has 0 saturated carbocycles. The van der Waals surface area contributed by atoms with Crippen LogP contribution in [0.2, 0.25) is 0 Å². The molecule has 0 saturated heterocycles. The van der Waals surface area contributed by atoms with E-state index in [0.717, 1.165) is 23.5 Å². The number of carbonyl (C=O) groups is 1. The molecule has 2 aromatic rings. The Balaban J connectivity index is 1.94. The van der Waals surface area contributed by atoms with E-state index in [4.69, 9.17) is 4.74 Å². The highest BCUT2D eigenvalue weighted by Crippen LogP contribution is 2.36. The maximum atomic E-state index is 11.8. The normalized spacial score (nSPS) is 12.1. The molecule has 0 unspecified atom stereocenters. The van der Waals surface area contributed by atoms with Crippen LogP contribution < -0.4 is 10.1 Å². The second-order valence-corrected chi connectivity index (χ2v) is 4.57. The van der Waals surface area contributed by atoms with Gasteiger partial charge in [-0.3, -0.25) is 4.79 Å². The number of carbonyl (C=O) groups excluding carboxylic acids is 1. The van der Waals surface area contributed by atoms with Crippen molar-refractivity contribution in [3.63, 3.8) is 0 Å². The van der Waals surface area contributed by atoms with E-state index in [9.17, 15) is 4.79 Å². The van der Waals surface area contributed by atoms with E-state index >= 15 is 0 Å². The van der Waals surface area contributed by atoms with Crippen LogP contribution in [0, 0.1) is 0 Å². The molecule has 0 radical (unpaired) electrons. The first-order chi connectivity index (χ1) is 9.28. The molecule has 3 nitrogen and oxygen atoms in total. The second kappa shape index (κ2) is 4.76. The highest BCUT2D eigenvalue weighted by Gasteiger charge is 2.17. The molecule has 2 aromatic carbocycles. The number of fused-ring (bicyclic) bond motifs is 2. The predicted octanol–water partition coefficient (Wildman–Crippen LogP) is 3.13. The minimum Gasteiger partial charge on any atom is -0.457 e. The average Bonchev–Trinajstić information content (AvgIpc) is 2.44. The van der Waals surface area contributed by atoms with Gasteiger partial charge in [0.05, 0.1) is 0 Å².